The summed E-state index contributed by atoms with van der Waals surface area (Å²) in [4.78, 5) is 25.5. The van der Waals surface area contributed by atoms with Crippen molar-refractivity contribution in [3.05, 3.63) is 53.6 Å². The van der Waals surface area contributed by atoms with Crippen LogP contribution < -0.4 is 14.2 Å². The van der Waals surface area contributed by atoms with Gasteiger partial charge in [-0.2, -0.15) is 0 Å². The van der Waals surface area contributed by atoms with Gasteiger partial charge in [-0.1, -0.05) is 12.1 Å². The molecule has 2 aromatic carbocycles. The summed E-state index contributed by atoms with van der Waals surface area (Å²) < 4.78 is 21.7. The summed E-state index contributed by atoms with van der Waals surface area (Å²) in [6.45, 7) is 3.80. The van der Waals surface area contributed by atoms with Crippen molar-refractivity contribution in [2.75, 3.05) is 14.2 Å². The Morgan fingerprint density at radius 3 is 2.30 bits per heavy atom. The van der Waals surface area contributed by atoms with E-state index < -0.39 is 18.0 Å². The van der Waals surface area contributed by atoms with E-state index in [0.717, 1.165) is 0 Å². The quantitative estimate of drug-likeness (QED) is 0.592. The Labute approximate surface area is 158 Å². The lowest BCUT2D eigenvalue weighted by atomic mass is 9.85. The molecule has 0 radical (unpaired) electrons. The number of hydrogen-bond acceptors (Lipinski definition) is 6. The molecule has 2 aromatic rings. The number of rotatable bonds is 5. The number of ketones is 1. The minimum Gasteiger partial charge on any atom is -0.497 e. The van der Waals surface area contributed by atoms with Gasteiger partial charge < -0.3 is 18.9 Å². The molecule has 1 heterocycles. The molecule has 0 bridgehead atoms. The van der Waals surface area contributed by atoms with Crippen LogP contribution in [0.3, 0.4) is 0 Å². The molecule has 0 unspecified atom stereocenters. The monoisotopic (exact) mass is 370 g/mol. The maximum absolute atomic E-state index is 13.1. The van der Waals surface area contributed by atoms with Crippen LogP contribution >= 0.6 is 0 Å². The van der Waals surface area contributed by atoms with Crippen molar-refractivity contribution in [2.24, 2.45) is 5.92 Å². The summed E-state index contributed by atoms with van der Waals surface area (Å²) in [5, 5.41) is 0. The summed E-state index contributed by atoms with van der Waals surface area (Å²) in [5.74, 6) is -0.444. The highest BCUT2D eigenvalue weighted by Gasteiger charge is 2.44. The molecular formula is C21H22O6. The third kappa shape index (κ3) is 3.74. The molecule has 0 N–H and O–H groups in total. The van der Waals surface area contributed by atoms with Crippen LogP contribution in [0.5, 0.6) is 17.2 Å². The number of carbonyl (C=O) groups excluding carboxylic acids is 2. The first kappa shape index (κ1) is 18.8. The van der Waals surface area contributed by atoms with Crippen LogP contribution in [-0.2, 0) is 9.53 Å². The second kappa shape index (κ2) is 7.70. The molecule has 6 heteroatoms. The van der Waals surface area contributed by atoms with Gasteiger partial charge in [-0.05, 0) is 49.7 Å². The lowest BCUT2D eigenvalue weighted by molar-refractivity contribution is -0.146. The number of methoxy groups -OCH3 is 2. The largest absolute Gasteiger partial charge is 0.497 e. The smallest absolute Gasteiger partial charge is 0.320 e. The Morgan fingerprint density at radius 1 is 1.04 bits per heavy atom. The van der Waals surface area contributed by atoms with E-state index in [-0.39, 0.29) is 11.9 Å². The molecule has 0 fully saturated rings. The summed E-state index contributed by atoms with van der Waals surface area (Å²) in [7, 11) is 2.83. The van der Waals surface area contributed by atoms with Gasteiger partial charge >= 0.3 is 5.97 Å². The molecule has 1 aliphatic heterocycles. The van der Waals surface area contributed by atoms with Crippen molar-refractivity contribution < 1.29 is 28.5 Å². The second-order valence-electron chi connectivity index (χ2n) is 6.50. The number of fused-ring (bicyclic) bond motifs is 1. The first-order valence-electron chi connectivity index (χ1n) is 8.68. The average Bonchev–Trinajstić information content (AvgIpc) is 2.67. The molecule has 0 aromatic heterocycles. The Balaban J connectivity index is 2.02. The molecule has 0 amide bonds. The number of benzene rings is 2. The predicted molar refractivity (Wildman–Crippen MR) is 98.4 cm³/mol. The normalized spacial score (nSPS) is 18.5. The molecule has 27 heavy (non-hydrogen) atoms. The van der Waals surface area contributed by atoms with Crippen molar-refractivity contribution in [1.82, 2.24) is 0 Å². The first-order chi connectivity index (χ1) is 12.9. The second-order valence-corrected chi connectivity index (χ2v) is 6.50. The van der Waals surface area contributed by atoms with Crippen LogP contribution in [0.25, 0.3) is 0 Å². The van der Waals surface area contributed by atoms with E-state index in [1.165, 1.54) is 7.11 Å². The van der Waals surface area contributed by atoms with Gasteiger partial charge in [0.2, 0.25) is 0 Å². The predicted octanol–water partition coefficient (Wildman–Crippen LogP) is 3.59. The van der Waals surface area contributed by atoms with Crippen molar-refractivity contribution in [1.29, 1.82) is 0 Å². The highest BCUT2D eigenvalue weighted by atomic mass is 16.5. The van der Waals surface area contributed by atoms with E-state index in [4.69, 9.17) is 18.9 Å². The van der Waals surface area contributed by atoms with E-state index in [2.05, 4.69) is 0 Å². The van der Waals surface area contributed by atoms with E-state index >= 15 is 0 Å². The van der Waals surface area contributed by atoms with Crippen LogP contribution in [0.1, 0.15) is 35.9 Å². The fourth-order valence-corrected chi connectivity index (χ4v) is 3.07. The molecule has 3 rings (SSSR count). The molecule has 1 aliphatic rings. The fraction of sp³-hybridized carbons (Fsp3) is 0.333. The zero-order valence-corrected chi connectivity index (χ0v) is 15.7. The molecule has 0 saturated carbocycles. The van der Waals surface area contributed by atoms with Gasteiger partial charge in [0.05, 0.1) is 25.9 Å². The number of ether oxygens (including phenoxy) is 4. The van der Waals surface area contributed by atoms with Gasteiger partial charge in [0.25, 0.3) is 0 Å². The summed E-state index contributed by atoms with van der Waals surface area (Å²) in [5.41, 5.74) is 1.00. The molecule has 2 atom stereocenters. The molecule has 0 saturated heterocycles. The number of esters is 1. The van der Waals surface area contributed by atoms with Gasteiger partial charge in [-0.15, -0.1) is 0 Å². The summed E-state index contributed by atoms with van der Waals surface area (Å²) >= 11 is 0. The summed E-state index contributed by atoms with van der Waals surface area (Å²) in [6.07, 6.45) is -0.814. The Bertz CT molecular complexity index is 840. The van der Waals surface area contributed by atoms with Crippen molar-refractivity contribution in [2.45, 2.75) is 26.1 Å². The number of carbonyl (C=O) groups is 2. The lowest BCUT2D eigenvalue weighted by Crippen LogP contribution is -2.37. The van der Waals surface area contributed by atoms with Gasteiger partial charge in [0, 0.05) is 0 Å². The Hall–Kier alpha value is -3.02. The van der Waals surface area contributed by atoms with Crippen molar-refractivity contribution in [3.8, 4) is 17.2 Å². The third-order valence-corrected chi connectivity index (χ3v) is 4.33. The van der Waals surface area contributed by atoms with Crippen molar-refractivity contribution >= 4 is 11.8 Å². The molecule has 6 nitrogen and oxygen atoms in total. The average molecular weight is 370 g/mol. The Morgan fingerprint density at radius 2 is 1.70 bits per heavy atom. The van der Waals surface area contributed by atoms with Crippen LogP contribution in [-0.4, -0.2) is 32.1 Å². The van der Waals surface area contributed by atoms with Crippen molar-refractivity contribution in [3.63, 3.8) is 0 Å². The third-order valence-electron chi connectivity index (χ3n) is 4.33. The standard InChI is InChI=1S/C21H22O6/c1-12(2)26-15-9-10-17-16(11-15)19(22)18(21(23)25-4)20(27-17)13-5-7-14(24-3)8-6-13/h5-12,18,20H,1-4H3/t18-,20+/m0/s1. The maximum Gasteiger partial charge on any atom is 0.320 e. The maximum atomic E-state index is 13.1. The van der Waals surface area contributed by atoms with Crippen LogP contribution in [0.2, 0.25) is 0 Å². The molecular weight excluding hydrogens is 348 g/mol. The summed E-state index contributed by atoms with van der Waals surface area (Å²) in [6, 6.07) is 12.1. The minimum atomic E-state index is -1.09. The fourth-order valence-electron chi connectivity index (χ4n) is 3.07. The van der Waals surface area contributed by atoms with Gasteiger partial charge in [-0.25, -0.2) is 0 Å². The number of hydrogen-bond donors (Lipinski definition) is 0. The highest BCUT2D eigenvalue weighted by molar-refractivity contribution is 6.11. The first-order valence-corrected chi connectivity index (χ1v) is 8.68. The van der Waals surface area contributed by atoms with Crippen LogP contribution in [0, 0.1) is 5.92 Å². The Kier molecular flexibility index (Phi) is 5.35. The molecule has 0 aliphatic carbocycles. The molecule has 142 valence electrons. The lowest BCUT2D eigenvalue weighted by Gasteiger charge is -2.31. The van der Waals surface area contributed by atoms with Crippen LogP contribution in [0.4, 0.5) is 0 Å². The van der Waals surface area contributed by atoms with Gasteiger partial charge in [0.15, 0.2) is 11.7 Å². The van der Waals surface area contributed by atoms with E-state index in [1.807, 2.05) is 13.8 Å². The van der Waals surface area contributed by atoms with Gasteiger partial charge in [-0.3, -0.25) is 9.59 Å². The zero-order chi connectivity index (χ0) is 19.6. The number of Topliss-reactive ketones (excluding diaryl/α,β-unsaturated/α-hetero) is 1. The zero-order valence-electron chi connectivity index (χ0n) is 15.7. The highest BCUT2D eigenvalue weighted by Crippen LogP contribution is 2.41. The van der Waals surface area contributed by atoms with Crippen LogP contribution in [0.15, 0.2) is 42.5 Å². The topological polar surface area (TPSA) is 71.1 Å². The van der Waals surface area contributed by atoms with E-state index in [0.29, 0.717) is 28.4 Å². The van der Waals surface area contributed by atoms with E-state index in [9.17, 15) is 9.59 Å². The minimum absolute atomic E-state index is 0.0360. The van der Waals surface area contributed by atoms with Gasteiger partial charge in [0.1, 0.15) is 23.4 Å². The van der Waals surface area contributed by atoms with E-state index in [1.54, 1.807) is 49.6 Å². The molecule has 0 spiro atoms. The SMILES string of the molecule is COC(=O)[C@H]1C(=O)c2cc(OC(C)C)ccc2O[C@@H]1c1ccc(OC)cc1.